The number of hydrogen-bond donors (Lipinski definition) is 1. The molecule has 0 spiro atoms. The maximum atomic E-state index is 13.6. The van der Waals surface area contributed by atoms with Crippen molar-refractivity contribution in [2.24, 2.45) is 0 Å². The Hall–Kier alpha value is -3.29. The number of carbonyl (C=O) groups is 3. The molecule has 0 aromatic heterocycles. The molecule has 2 rings (SSSR count). The first-order valence-electron chi connectivity index (χ1n) is 10.5. The van der Waals surface area contributed by atoms with Crippen LogP contribution >= 0.6 is 0 Å². The highest BCUT2D eigenvalue weighted by Gasteiger charge is 2.21. The number of benzene rings is 2. The topological polar surface area (TPSA) is 81.7 Å². The molecule has 8 heteroatoms. The van der Waals surface area contributed by atoms with Crippen molar-refractivity contribution in [1.29, 1.82) is 0 Å². The summed E-state index contributed by atoms with van der Waals surface area (Å²) >= 11 is 0. The van der Waals surface area contributed by atoms with Crippen molar-refractivity contribution in [2.75, 3.05) is 11.9 Å². The number of halogens is 2. The third-order valence-electron chi connectivity index (χ3n) is 4.64. The van der Waals surface area contributed by atoms with Gasteiger partial charge in [0.2, 0.25) is 0 Å². The summed E-state index contributed by atoms with van der Waals surface area (Å²) in [5.74, 6) is -3.14. The van der Waals surface area contributed by atoms with Gasteiger partial charge in [0, 0.05) is 12.0 Å². The monoisotopic (exact) mass is 447 g/mol. The molecule has 32 heavy (non-hydrogen) atoms. The summed E-state index contributed by atoms with van der Waals surface area (Å²) in [5.41, 5.74) is -0.187. The second kappa shape index (κ2) is 12.5. The molecule has 0 radical (unpaired) electrons. The predicted molar refractivity (Wildman–Crippen MR) is 116 cm³/mol. The Morgan fingerprint density at radius 2 is 1.62 bits per heavy atom. The SMILES string of the molecule is CCCCCOc1ccc(C(=O)CCC(=O)OC(C)C(=O)Nc2c(F)cccc2F)cc1. The first kappa shape index (κ1) is 25.0. The largest absolute Gasteiger partial charge is 0.494 e. The highest BCUT2D eigenvalue weighted by atomic mass is 19.1. The van der Waals surface area contributed by atoms with E-state index in [2.05, 4.69) is 12.2 Å². The molecule has 2 aromatic rings. The number of rotatable bonds is 12. The van der Waals surface area contributed by atoms with Gasteiger partial charge in [0.15, 0.2) is 11.9 Å². The van der Waals surface area contributed by atoms with Gasteiger partial charge < -0.3 is 14.8 Å². The molecule has 0 saturated carbocycles. The maximum absolute atomic E-state index is 13.6. The minimum absolute atomic E-state index is 0.105. The summed E-state index contributed by atoms with van der Waals surface area (Å²) in [5, 5.41) is 2.06. The number of amides is 1. The third-order valence-corrected chi connectivity index (χ3v) is 4.64. The van der Waals surface area contributed by atoms with Crippen LogP contribution in [0, 0.1) is 11.6 Å². The number of para-hydroxylation sites is 1. The lowest BCUT2D eigenvalue weighted by molar-refractivity contribution is -0.153. The molecule has 0 fully saturated rings. The van der Waals surface area contributed by atoms with Gasteiger partial charge in [-0.25, -0.2) is 8.78 Å². The van der Waals surface area contributed by atoms with Crippen LogP contribution in [-0.2, 0) is 14.3 Å². The van der Waals surface area contributed by atoms with Gasteiger partial charge in [0.25, 0.3) is 5.91 Å². The van der Waals surface area contributed by atoms with E-state index in [4.69, 9.17) is 9.47 Å². The van der Waals surface area contributed by atoms with Crippen LogP contribution in [0.1, 0.15) is 56.3 Å². The molecular weight excluding hydrogens is 420 g/mol. The summed E-state index contributed by atoms with van der Waals surface area (Å²) in [7, 11) is 0. The van der Waals surface area contributed by atoms with E-state index in [1.54, 1.807) is 24.3 Å². The lowest BCUT2D eigenvalue weighted by atomic mass is 10.1. The lowest BCUT2D eigenvalue weighted by Gasteiger charge is -2.14. The summed E-state index contributed by atoms with van der Waals surface area (Å²) in [6.07, 6.45) is 1.52. The van der Waals surface area contributed by atoms with Crippen LogP contribution in [-0.4, -0.2) is 30.4 Å². The molecular formula is C24H27F2NO5. The van der Waals surface area contributed by atoms with Crippen molar-refractivity contribution in [3.63, 3.8) is 0 Å². The first-order chi connectivity index (χ1) is 15.3. The van der Waals surface area contributed by atoms with Crippen molar-refractivity contribution in [2.45, 2.75) is 52.1 Å². The van der Waals surface area contributed by atoms with E-state index < -0.39 is 35.3 Å². The molecule has 1 N–H and O–H groups in total. The number of anilines is 1. The zero-order valence-corrected chi connectivity index (χ0v) is 18.2. The number of esters is 1. The van der Waals surface area contributed by atoms with Crippen molar-refractivity contribution in [3.8, 4) is 5.75 Å². The van der Waals surface area contributed by atoms with Gasteiger partial charge >= 0.3 is 5.97 Å². The Labute approximate surface area is 185 Å². The molecule has 2 aromatic carbocycles. The molecule has 0 bridgehead atoms. The summed E-state index contributed by atoms with van der Waals surface area (Å²) in [6.45, 7) is 3.99. The van der Waals surface area contributed by atoms with Crippen molar-refractivity contribution in [1.82, 2.24) is 0 Å². The van der Waals surface area contributed by atoms with Crippen LogP contribution in [0.25, 0.3) is 0 Å². The fraction of sp³-hybridized carbons (Fsp3) is 0.375. The average Bonchev–Trinajstić information content (AvgIpc) is 2.78. The Balaban J connectivity index is 1.78. The van der Waals surface area contributed by atoms with Crippen molar-refractivity contribution >= 4 is 23.3 Å². The van der Waals surface area contributed by atoms with Crippen molar-refractivity contribution < 1.29 is 32.6 Å². The van der Waals surface area contributed by atoms with Gasteiger partial charge in [-0.05, 0) is 49.7 Å². The van der Waals surface area contributed by atoms with Gasteiger partial charge in [0.1, 0.15) is 23.1 Å². The predicted octanol–water partition coefficient (Wildman–Crippen LogP) is 5.07. The normalized spacial score (nSPS) is 11.5. The van der Waals surface area contributed by atoms with Crippen molar-refractivity contribution in [3.05, 3.63) is 59.7 Å². The minimum atomic E-state index is -1.29. The third kappa shape index (κ3) is 7.76. The number of Topliss-reactive ketones (excluding diaryl/α,β-unsaturated/α-hetero) is 1. The Bertz CT molecular complexity index is 910. The number of unbranched alkanes of at least 4 members (excludes halogenated alkanes) is 2. The Morgan fingerprint density at radius 1 is 0.969 bits per heavy atom. The number of nitrogens with one attached hydrogen (secondary N) is 1. The Kier molecular flexibility index (Phi) is 9.78. The lowest BCUT2D eigenvalue weighted by Crippen LogP contribution is -2.30. The van der Waals surface area contributed by atoms with E-state index in [9.17, 15) is 23.2 Å². The molecule has 0 saturated heterocycles. The second-order valence-electron chi connectivity index (χ2n) is 7.22. The Morgan fingerprint density at radius 3 is 2.25 bits per heavy atom. The van der Waals surface area contributed by atoms with Crippen LogP contribution in [0.2, 0.25) is 0 Å². The van der Waals surface area contributed by atoms with Gasteiger partial charge in [0.05, 0.1) is 13.0 Å². The standard InChI is InChI=1S/C24H27F2NO5/c1-3-4-5-15-31-18-11-9-17(10-12-18)21(28)13-14-22(29)32-16(2)24(30)27-23-19(25)7-6-8-20(23)26/h6-12,16H,3-5,13-15H2,1-2H3,(H,27,30). The van der Waals surface area contributed by atoms with Crippen LogP contribution in [0.4, 0.5) is 14.5 Å². The molecule has 0 aliphatic carbocycles. The van der Waals surface area contributed by atoms with E-state index in [1.165, 1.54) is 6.92 Å². The van der Waals surface area contributed by atoms with Gasteiger partial charge in [-0.15, -0.1) is 0 Å². The van der Waals surface area contributed by atoms with E-state index in [0.29, 0.717) is 17.9 Å². The van der Waals surface area contributed by atoms with E-state index in [1.807, 2.05) is 0 Å². The molecule has 0 aliphatic rings. The molecule has 6 nitrogen and oxygen atoms in total. The highest BCUT2D eigenvalue weighted by molar-refractivity contribution is 5.98. The fourth-order valence-corrected chi connectivity index (χ4v) is 2.79. The zero-order chi connectivity index (χ0) is 23.5. The van der Waals surface area contributed by atoms with Crippen LogP contribution in [0.15, 0.2) is 42.5 Å². The highest BCUT2D eigenvalue weighted by Crippen LogP contribution is 2.19. The summed E-state index contributed by atoms with van der Waals surface area (Å²) in [4.78, 5) is 36.3. The maximum Gasteiger partial charge on any atom is 0.307 e. The van der Waals surface area contributed by atoms with E-state index >= 15 is 0 Å². The average molecular weight is 447 g/mol. The fourth-order valence-electron chi connectivity index (χ4n) is 2.79. The number of ether oxygens (including phenoxy) is 2. The van der Waals surface area contributed by atoms with Crippen LogP contribution in [0.3, 0.4) is 0 Å². The second-order valence-corrected chi connectivity index (χ2v) is 7.22. The number of carbonyl (C=O) groups excluding carboxylic acids is 3. The summed E-state index contributed by atoms with van der Waals surface area (Å²) < 4.78 is 37.8. The molecule has 1 amide bonds. The summed E-state index contributed by atoms with van der Waals surface area (Å²) in [6, 6.07) is 9.80. The molecule has 0 heterocycles. The molecule has 0 aliphatic heterocycles. The molecule has 1 unspecified atom stereocenters. The smallest absolute Gasteiger partial charge is 0.307 e. The van der Waals surface area contributed by atoms with Crippen LogP contribution in [0.5, 0.6) is 5.75 Å². The quantitative estimate of drug-likeness (QED) is 0.279. The molecule has 172 valence electrons. The van der Waals surface area contributed by atoms with Gasteiger partial charge in [-0.3, -0.25) is 14.4 Å². The molecule has 1 atom stereocenters. The van der Waals surface area contributed by atoms with E-state index in [0.717, 1.165) is 37.5 Å². The van der Waals surface area contributed by atoms with E-state index in [-0.39, 0.29) is 18.6 Å². The van der Waals surface area contributed by atoms with Crippen LogP contribution < -0.4 is 10.1 Å². The zero-order valence-electron chi connectivity index (χ0n) is 18.2. The number of ketones is 1. The minimum Gasteiger partial charge on any atom is -0.494 e. The number of hydrogen-bond acceptors (Lipinski definition) is 5. The van der Waals surface area contributed by atoms with Gasteiger partial charge in [-0.1, -0.05) is 25.8 Å². The first-order valence-corrected chi connectivity index (χ1v) is 10.5. The van der Waals surface area contributed by atoms with Gasteiger partial charge in [-0.2, -0.15) is 0 Å².